The van der Waals surface area contributed by atoms with Gasteiger partial charge < -0.3 is 10.2 Å². The van der Waals surface area contributed by atoms with E-state index in [1.165, 1.54) is 4.70 Å². The number of nitrogens with zero attached hydrogens (tertiary/aromatic N) is 3. The smallest absolute Gasteiger partial charge is 0.188 e. The molecular formula is C10H12N4S. The highest BCUT2D eigenvalue weighted by Gasteiger charge is 2.14. The van der Waals surface area contributed by atoms with Crippen LogP contribution in [0.3, 0.4) is 0 Å². The van der Waals surface area contributed by atoms with E-state index in [0.717, 1.165) is 37.0 Å². The van der Waals surface area contributed by atoms with E-state index in [9.17, 15) is 0 Å². The Morgan fingerprint density at radius 1 is 1.33 bits per heavy atom. The number of pyridine rings is 1. The summed E-state index contributed by atoms with van der Waals surface area (Å²) in [5, 5.41) is 4.44. The minimum atomic E-state index is 0.871. The molecule has 0 aliphatic carbocycles. The van der Waals surface area contributed by atoms with E-state index in [1.54, 1.807) is 17.5 Å². The third-order valence-corrected chi connectivity index (χ3v) is 3.61. The summed E-state index contributed by atoms with van der Waals surface area (Å²) >= 11 is 1.73. The zero-order valence-electron chi connectivity index (χ0n) is 8.31. The van der Waals surface area contributed by atoms with Crippen LogP contribution in [-0.2, 0) is 0 Å². The lowest BCUT2D eigenvalue weighted by atomic mass is 10.4. The number of thiazole rings is 1. The largest absolute Gasteiger partial charge is 0.345 e. The van der Waals surface area contributed by atoms with E-state index < -0.39 is 0 Å². The molecule has 5 heteroatoms. The van der Waals surface area contributed by atoms with Crippen molar-refractivity contribution in [2.75, 3.05) is 31.1 Å². The van der Waals surface area contributed by atoms with Gasteiger partial charge in [0.15, 0.2) is 10.8 Å². The van der Waals surface area contributed by atoms with Crippen LogP contribution in [0.25, 0.3) is 10.3 Å². The SMILES string of the molecule is c1cnc2nc(N3CCNCC3)sc2c1. The third kappa shape index (κ3) is 1.68. The maximum atomic E-state index is 4.54. The second kappa shape index (κ2) is 3.75. The quantitative estimate of drug-likeness (QED) is 0.781. The van der Waals surface area contributed by atoms with Gasteiger partial charge in [-0.3, -0.25) is 0 Å². The van der Waals surface area contributed by atoms with Gasteiger partial charge in [0.05, 0.1) is 4.70 Å². The summed E-state index contributed by atoms with van der Waals surface area (Å²) in [6, 6.07) is 4.04. The number of anilines is 1. The first-order valence-electron chi connectivity index (χ1n) is 5.11. The molecule has 3 rings (SSSR count). The highest BCUT2D eigenvalue weighted by molar-refractivity contribution is 7.22. The molecule has 0 spiro atoms. The van der Waals surface area contributed by atoms with E-state index in [0.29, 0.717) is 0 Å². The van der Waals surface area contributed by atoms with Crippen molar-refractivity contribution in [3.05, 3.63) is 18.3 Å². The minimum Gasteiger partial charge on any atom is -0.345 e. The molecule has 4 nitrogen and oxygen atoms in total. The molecule has 0 saturated carbocycles. The standard InChI is InChI=1S/C10H12N4S/c1-2-8-9(12-3-1)13-10(15-8)14-6-4-11-5-7-14/h1-3,11H,4-7H2. The van der Waals surface area contributed by atoms with Crippen molar-refractivity contribution in [2.24, 2.45) is 0 Å². The zero-order chi connectivity index (χ0) is 10.1. The maximum Gasteiger partial charge on any atom is 0.188 e. The lowest BCUT2D eigenvalue weighted by Gasteiger charge is -2.26. The Labute approximate surface area is 92.0 Å². The molecule has 0 radical (unpaired) electrons. The molecule has 0 atom stereocenters. The second-order valence-electron chi connectivity index (χ2n) is 3.56. The van der Waals surface area contributed by atoms with E-state index in [1.807, 2.05) is 6.07 Å². The maximum absolute atomic E-state index is 4.54. The van der Waals surface area contributed by atoms with Crippen molar-refractivity contribution >= 4 is 26.8 Å². The van der Waals surface area contributed by atoms with Crippen LogP contribution in [0, 0.1) is 0 Å². The van der Waals surface area contributed by atoms with E-state index in [4.69, 9.17) is 0 Å². The Balaban J connectivity index is 1.96. The molecule has 15 heavy (non-hydrogen) atoms. The van der Waals surface area contributed by atoms with E-state index in [2.05, 4.69) is 26.3 Å². The molecule has 0 unspecified atom stereocenters. The van der Waals surface area contributed by atoms with Crippen molar-refractivity contribution in [1.82, 2.24) is 15.3 Å². The third-order valence-electron chi connectivity index (χ3n) is 2.54. The van der Waals surface area contributed by atoms with Gasteiger partial charge in [0.2, 0.25) is 0 Å². The molecule has 0 bridgehead atoms. The Hall–Kier alpha value is -1.20. The van der Waals surface area contributed by atoms with Gasteiger partial charge in [0.25, 0.3) is 0 Å². The van der Waals surface area contributed by atoms with Gasteiger partial charge in [-0.25, -0.2) is 4.98 Å². The Kier molecular flexibility index (Phi) is 2.26. The van der Waals surface area contributed by atoms with Gasteiger partial charge in [0.1, 0.15) is 0 Å². The van der Waals surface area contributed by atoms with Gasteiger partial charge >= 0.3 is 0 Å². The normalized spacial score (nSPS) is 17.2. The number of rotatable bonds is 1. The molecule has 0 amide bonds. The van der Waals surface area contributed by atoms with Crippen LogP contribution in [0.4, 0.5) is 5.13 Å². The highest BCUT2D eigenvalue weighted by atomic mass is 32.1. The molecule has 1 N–H and O–H groups in total. The van der Waals surface area contributed by atoms with Crippen LogP contribution in [0.5, 0.6) is 0 Å². The van der Waals surface area contributed by atoms with E-state index in [-0.39, 0.29) is 0 Å². The summed E-state index contributed by atoms with van der Waals surface area (Å²) in [7, 11) is 0. The molecule has 2 aromatic heterocycles. The molecule has 1 aliphatic rings. The number of nitrogens with one attached hydrogen (secondary N) is 1. The highest BCUT2D eigenvalue weighted by Crippen LogP contribution is 2.27. The Bertz CT molecular complexity index is 428. The van der Waals surface area contributed by atoms with Gasteiger partial charge in [-0.15, -0.1) is 0 Å². The number of hydrogen-bond acceptors (Lipinski definition) is 5. The van der Waals surface area contributed by atoms with Crippen LogP contribution < -0.4 is 10.2 Å². The molecule has 1 aliphatic heterocycles. The topological polar surface area (TPSA) is 41.1 Å². The van der Waals surface area contributed by atoms with E-state index >= 15 is 0 Å². The summed E-state index contributed by atoms with van der Waals surface area (Å²) in [5.41, 5.74) is 0.871. The molecule has 0 aromatic carbocycles. The lowest BCUT2D eigenvalue weighted by Crippen LogP contribution is -2.43. The fourth-order valence-electron chi connectivity index (χ4n) is 1.75. The number of fused-ring (bicyclic) bond motifs is 1. The first kappa shape index (κ1) is 9.06. The van der Waals surface area contributed by atoms with Gasteiger partial charge in [-0.05, 0) is 12.1 Å². The summed E-state index contributed by atoms with van der Waals surface area (Å²) in [4.78, 5) is 11.1. The lowest BCUT2D eigenvalue weighted by molar-refractivity contribution is 0.588. The first-order chi connectivity index (χ1) is 7.43. The van der Waals surface area contributed by atoms with Crippen molar-refractivity contribution in [3.63, 3.8) is 0 Å². The van der Waals surface area contributed by atoms with Crippen LogP contribution in [0.15, 0.2) is 18.3 Å². The zero-order valence-corrected chi connectivity index (χ0v) is 9.13. The number of aromatic nitrogens is 2. The number of piperazine rings is 1. The monoisotopic (exact) mass is 220 g/mol. The van der Waals surface area contributed by atoms with Gasteiger partial charge in [0, 0.05) is 32.4 Å². The van der Waals surface area contributed by atoms with Crippen LogP contribution >= 0.6 is 11.3 Å². The molecular weight excluding hydrogens is 208 g/mol. The predicted octanol–water partition coefficient (Wildman–Crippen LogP) is 1.10. The second-order valence-corrected chi connectivity index (χ2v) is 4.57. The van der Waals surface area contributed by atoms with Gasteiger partial charge in [-0.1, -0.05) is 11.3 Å². The van der Waals surface area contributed by atoms with Gasteiger partial charge in [-0.2, -0.15) is 4.98 Å². The van der Waals surface area contributed by atoms with Crippen molar-refractivity contribution in [1.29, 1.82) is 0 Å². The summed E-state index contributed by atoms with van der Waals surface area (Å²) in [5.74, 6) is 0. The molecule has 1 fully saturated rings. The fraction of sp³-hybridized carbons (Fsp3) is 0.400. The Morgan fingerprint density at radius 2 is 2.20 bits per heavy atom. The average molecular weight is 220 g/mol. The first-order valence-corrected chi connectivity index (χ1v) is 5.92. The molecule has 2 aromatic rings. The average Bonchev–Trinajstić information content (AvgIpc) is 2.74. The van der Waals surface area contributed by atoms with Crippen molar-refractivity contribution in [3.8, 4) is 0 Å². The summed E-state index contributed by atoms with van der Waals surface area (Å²) < 4.78 is 1.17. The molecule has 78 valence electrons. The van der Waals surface area contributed by atoms with Crippen LogP contribution in [0.1, 0.15) is 0 Å². The minimum absolute atomic E-state index is 0.871. The fourth-order valence-corrected chi connectivity index (χ4v) is 2.73. The molecule has 1 saturated heterocycles. The summed E-state index contributed by atoms with van der Waals surface area (Å²) in [6.45, 7) is 4.17. The Morgan fingerprint density at radius 3 is 3.00 bits per heavy atom. The van der Waals surface area contributed by atoms with Crippen LogP contribution in [0.2, 0.25) is 0 Å². The number of hydrogen-bond donors (Lipinski definition) is 1. The summed E-state index contributed by atoms with van der Waals surface area (Å²) in [6.07, 6.45) is 1.80. The van der Waals surface area contributed by atoms with Crippen molar-refractivity contribution in [2.45, 2.75) is 0 Å². The molecule has 3 heterocycles. The van der Waals surface area contributed by atoms with Crippen LogP contribution in [-0.4, -0.2) is 36.1 Å². The predicted molar refractivity (Wildman–Crippen MR) is 62.5 cm³/mol. The van der Waals surface area contributed by atoms with Crippen molar-refractivity contribution < 1.29 is 0 Å².